The van der Waals surface area contributed by atoms with Crippen molar-refractivity contribution < 1.29 is 46.3 Å². The van der Waals surface area contributed by atoms with Crippen LogP contribution >= 0.6 is 0 Å². The Morgan fingerprint density at radius 3 is 0.467 bits per heavy atom. The molecule has 0 aliphatic carbocycles. The van der Waals surface area contributed by atoms with Gasteiger partial charge in [-0.2, -0.15) is 0 Å². The van der Waals surface area contributed by atoms with E-state index in [1.54, 1.807) is 48.5 Å². The molecule has 4 nitrogen and oxygen atoms in total. The van der Waals surface area contributed by atoms with Crippen LogP contribution in [0.1, 0.15) is 105 Å². The summed E-state index contributed by atoms with van der Waals surface area (Å²) in [6.45, 7) is 25.6. The van der Waals surface area contributed by atoms with Crippen molar-refractivity contribution in [3.05, 3.63) is 119 Å². The Bertz CT molecular complexity index is 1140. The van der Waals surface area contributed by atoms with E-state index >= 15 is 0 Å². The SMILES string of the molecule is CC(C)(C)c1ccc([O-])cc1.CC(C)(C)c1ccc([O-])cc1.CC(C)(C)c1ccc([O-])cc1.CC(C)(C)c1ccc([O-])cc1.[Hf+4]. The van der Waals surface area contributed by atoms with E-state index < -0.39 is 0 Å². The van der Waals surface area contributed by atoms with Gasteiger partial charge in [0.1, 0.15) is 0 Å². The first-order chi connectivity index (χ1) is 20.0. The van der Waals surface area contributed by atoms with Gasteiger partial charge in [-0.25, -0.2) is 0 Å². The van der Waals surface area contributed by atoms with Crippen LogP contribution in [0.5, 0.6) is 23.0 Å². The molecule has 0 aliphatic heterocycles. The molecule has 0 N–H and O–H groups in total. The van der Waals surface area contributed by atoms with Crippen molar-refractivity contribution in [2.75, 3.05) is 0 Å². The standard InChI is InChI=1S/4C10H14O.Hf/c4*1-10(2,3)8-4-6-9(11)7-5-8;/h4*4-7,11H,1-3H3;/q;;;;+4/p-4. The third kappa shape index (κ3) is 16.7. The summed E-state index contributed by atoms with van der Waals surface area (Å²) >= 11 is 0. The zero-order chi connectivity index (χ0) is 33.9. The quantitative estimate of drug-likeness (QED) is 0.169. The van der Waals surface area contributed by atoms with Gasteiger partial charge in [0, 0.05) is 0 Å². The number of rotatable bonds is 0. The van der Waals surface area contributed by atoms with Gasteiger partial charge in [0.15, 0.2) is 0 Å². The molecule has 4 aromatic rings. The van der Waals surface area contributed by atoms with Crippen molar-refractivity contribution in [1.82, 2.24) is 0 Å². The van der Waals surface area contributed by atoms with Gasteiger partial charge in [0.05, 0.1) is 0 Å². The van der Waals surface area contributed by atoms with E-state index in [9.17, 15) is 20.4 Å². The molecule has 4 aromatic carbocycles. The first kappa shape index (κ1) is 42.0. The molecule has 0 saturated heterocycles. The Labute approximate surface area is 292 Å². The zero-order valence-corrected chi connectivity index (χ0v) is 33.0. The second kappa shape index (κ2) is 17.6. The Morgan fingerprint density at radius 2 is 0.378 bits per heavy atom. The van der Waals surface area contributed by atoms with Gasteiger partial charge in [-0.05, 0) is 43.9 Å². The van der Waals surface area contributed by atoms with Gasteiger partial charge >= 0.3 is 25.8 Å². The normalized spacial score (nSPS) is 11.3. The molecule has 0 bridgehead atoms. The summed E-state index contributed by atoms with van der Waals surface area (Å²) < 4.78 is 0. The van der Waals surface area contributed by atoms with Crippen molar-refractivity contribution in [2.24, 2.45) is 0 Å². The van der Waals surface area contributed by atoms with E-state index in [0.29, 0.717) is 0 Å². The molecule has 4 rings (SSSR count). The molecule has 0 aromatic heterocycles. The fourth-order valence-corrected chi connectivity index (χ4v) is 3.82. The third-order valence-electron chi connectivity index (χ3n) is 6.88. The van der Waals surface area contributed by atoms with Gasteiger partial charge < -0.3 is 20.4 Å². The van der Waals surface area contributed by atoms with Crippen LogP contribution in [0.15, 0.2) is 97.1 Å². The second-order valence-corrected chi connectivity index (χ2v) is 15.1. The average Bonchev–Trinajstić information content (AvgIpc) is 2.89. The molecule has 0 atom stereocenters. The predicted molar refractivity (Wildman–Crippen MR) is 178 cm³/mol. The van der Waals surface area contributed by atoms with Crippen LogP contribution in [0.3, 0.4) is 0 Å². The summed E-state index contributed by atoms with van der Waals surface area (Å²) in [5.41, 5.74) is 5.41. The molecule has 0 unspecified atom stereocenters. The minimum absolute atomic E-state index is 0. The number of benzene rings is 4. The number of hydrogen-bond acceptors (Lipinski definition) is 4. The minimum atomic E-state index is 0. The van der Waals surface area contributed by atoms with Crippen molar-refractivity contribution in [3.8, 4) is 23.0 Å². The van der Waals surface area contributed by atoms with Gasteiger partial charge in [-0.15, -0.1) is 23.0 Å². The van der Waals surface area contributed by atoms with E-state index in [2.05, 4.69) is 83.1 Å². The summed E-state index contributed by atoms with van der Waals surface area (Å²) in [6, 6.07) is 28.0. The third-order valence-corrected chi connectivity index (χ3v) is 6.88. The Hall–Kier alpha value is -3.05. The molecule has 0 heterocycles. The molecular weight excluding hydrogens is 723 g/mol. The average molecular weight is 775 g/mol. The van der Waals surface area contributed by atoms with E-state index in [1.165, 1.54) is 22.3 Å². The summed E-state index contributed by atoms with van der Waals surface area (Å²) in [6.07, 6.45) is 0. The van der Waals surface area contributed by atoms with Gasteiger partial charge in [0.2, 0.25) is 0 Å². The largest absolute Gasteiger partial charge is 4.00 e. The van der Waals surface area contributed by atoms with Crippen molar-refractivity contribution >= 4 is 0 Å². The molecule has 240 valence electrons. The van der Waals surface area contributed by atoms with E-state index in [4.69, 9.17) is 0 Å². The molecule has 0 radical (unpaired) electrons. The Balaban J connectivity index is 0.000000569. The zero-order valence-electron chi connectivity index (χ0n) is 29.4. The Kier molecular flexibility index (Phi) is 16.4. The van der Waals surface area contributed by atoms with E-state index in [-0.39, 0.29) is 70.5 Å². The Morgan fingerprint density at radius 1 is 0.267 bits per heavy atom. The maximum atomic E-state index is 10.7. The molecule has 0 spiro atoms. The topological polar surface area (TPSA) is 92.2 Å². The second-order valence-electron chi connectivity index (χ2n) is 15.1. The summed E-state index contributed by atoms with van der Waals surface area (Å²) in [7, 11) is 0. The van der Waals surface area contributed by atoms with Crippen molar-refractivity contribution in [1.29, 1.82) is 0 Å². The smallest absolute Gasteiger partial charge is 0.872 e. The van der Waals surface area contributed by atoms with Crippen LogP contribution in [0.25, 0.3) is 0 Å². The first-order valence-electron chi connectivity index (χ1n) is 15.1. The predicted octanol–water partition coefficient (Wildman–Crippen LogP) is 8.23. The van der Waals surface area contributed by atoms with Crippen LogP contribution in [-0.2, 0) is 47.5 Å². The molecule has 0 saturated carbocycles. The van der Waals surface area contributed by atoms with E-state index in [1.807, 2.05) is 48.5 Å². The fraction of sp³-hybridized carbons (Fsp3) is 0.400. The van der Waals surface area contributed by atoms with Crippen LogP contribution < -0.4 is 20.4 Å². The van der Waals surface area contributed by atoms with Gasteiger partial charge in [-0.3, -0.25) is 0 Å². The van der Waals surface area contributed by atoms with E-state index in [0.717, 1.165) is 0 Å². The fourth-order valence-electron chi connectivity index (χ4n) is 3.82. The van der Waals surface area contributed by atoms with Crippen LogP contribution in [-0.4, -0.2) is 0 Å². The molecular formula is C40H52HfO4. The molecule has 0 amide bonds. The van der Waals surface area contributed by atoms with Gasteiger partial charge in [-0.1, -0.05) is 180 Å². The first-order valence-corrected chi connectivity index (χ1v) is 15.1. The van der Waals surface area contributed by atoms with Crippen LogP contribution in [0.2, 0.25) is 0 Å². The van der Waals surface area contributed by atoms with Crippen molar-refractivity contribution in [2.45, 2.75) is 105 Å². The summed E-state index contributed by atoms with van der Waals surface area (Å²) in [5, 5.41) is 43.0. The molecule has 0 aliphatic rings. The minimum Gasteiger partial charge on any atom is -0.872 e. The van der Waals surface area contributed by atoms with Crippen molar-refractivity contribution in [3.63, 3.8) is 0 Å². The maximum Gasteiger partial charge on any atom is 4.00 e. The molecule has 5 heteroatoms. The number of hydrogen-bond donors (Lipinski definition) is 0. The maximum absolute atomic E-state index is 10.7. The van der Waals surface area contributed by atoms with Crippen LogP contribution in [0.4, 0.5) is 0 Å². The van der Waals surface area contributed by atoms with Gasteiger partial charge in [0.25, 0.3) is 0 Å². The summed E-state index contributed by atoms with van der Waals surface area (Å²) in [5.74, 6) is 0.326. The molecule has 0 fully saturated rings. The summed E-state index contributed by atoms with van der Waals surface area (Å²) in [4.78, 5) is 0. The van der Waals surface area contributed by atoms with Crippen LogP contribution in [0, 0.1) is 0 Å². The molecule has 45 heavy (non-hydrogen) atoms. The monoisotopic (exact) mass is 776 g/mol.